The summed E-state index contributed by atoms with van der Waals surface area (Å²) in [6, 6.07) is 15.4. The third-order valence-electron chi connectivity index (χ3n) is 9.70. The van der Waals surface area contributed by atoms with E-state index in [2.05, 4.69) is 26.9 Å². The summed E-state index contributed by atoms with van der Waals surface area (Å²) in [6.45, 7) is 3.55. The molecule has 1 saturated heterocycles. The highest BCUT2D eigenvalue weighted by atomic mass is 32.2. The zero-order valence-corrected chi connectivity index (χ0v) is 29.2. The predicted octanol–water partition coefficient (Wildman–Crippen LogP) is 4.44. The molecule has 0 radical (unpaired) electrons. The second kappa shape index (κ2) is 12.9. The predicted molar refractivity (Wildman–Crippen MR) is 192 cm³/mol. The molecule has 0 amide bonds. The average Bonchev–Trinajstić information content (AvgIpc) is 3.79. The van der Waals surface area contributed by atoms with E-state index in [9.17, 15) is 13.2 Å². The van der Waals surface area contributed by atoms with Crippen LogP contribution in [0.3, 0.4) is 0 Å². The van der Waals surface area contributed by atoms with Gasteiger partial charge in [-0.05, 0) is 61.6 Å². The third-order valence-corrected chi connectivity index (χ3v) is 11.5. The summed E-state index contributed by atoms with van der Waals surface area (Å²) in [6.07, 6.45) is 6.08. The van der Waals surface area contributed by atoms with Crippen LogP contribution in [0.2, 0.25) is 0 Å². The van der Waals surface area contributed by atoms with Crippen molar-refractivity contribution in [1.29, 1.82) is 0 Å². The number of ether oxygens (including phenoxy) is 2. The number of hydrogen-bond acceptors (Lipinski definition) is 9. The molecule has 0 saturated carbocycles. The van der Waals surface area contributed by atoms with Crippen LogP contribution < -0.4 is 29.6 Å². The standard InChI is InChI=1S/C36H41N7O5S/c1-23-15-30-32(41(3)36(23)44)18-34(42-14-12-28(22-42)49(45,46)38-19-24-8-10-27(47-4)11-9-24)39-35(30)43-13-6-7-25-16-29(26-20-37-40(2)21-26)33(48-5)17-31(25)43/h8-11,15-18,20-21,28,38H,6-7,12-14,19,22H2,1-5H3. The number of nitrogens with one attached hydrogen (secondary N) is 1. The van der Waals surface area contributed by atoms with Crippen LogP contribution in [0, 0.1) is 6.92 Å². The molecule has 0 spiro atoms. The van der Waals surface area contributed by atoms with Gasteiger partial charge in [-0.1, -0.05) is 12.1 Å². The van der Waals surface area contributed by atoms with Crippen LogP contribution in [0.5, 0.6) is 11.5 Å². The number of hydrogen-bond donors (Lipinski definition) is 1. The van der Waals surface area contributed by atoms with Crippen LogP contribution in [0.25, 0.3) is 22.0 Å². The van der Waals surface area contributed by atoms with Gasteiger partial charge in [-0.15, -0.1) is 0 Å². The van der Waals surface area contributed by atoms with E-state index in [1.165, 1.54) is 5.56 Å². The lowest BCUT2D eigenvalue weighted by molar-refractivity contribution is 0.414. The van der Waals surface area contributed by atoms with E-state index in [1.807, 2.05) is 67.7 Å². The fourth-order valence-electron chi connectivity index (χ4n) is 6.97. The fraction of sp³-hybridized carbons (Fsp3) is 0.361. The molecular formula is C36H41N7O5S. The van der Waals surface area contributed by atoms with Crippen molar-refractivity contribution in [2.45, 2.75) is 38.0 Å². The number of nitrogens with zero attached hydrogens (tertiary/aromatic N) is 6. The zero-order valence-electron chi connectivity index (χ0n) is 28.4. The van der Waals surface area contributed by atoms with Crippen molar-refractivity contribution in [2.75, 3.05) is 43.7 Å². The van der Waals surface area contributed by atoms with Gasteiger partial charge in [0.1, 0.15) is 23.1 Å². The molecule has 3 aromatic heterocycles. The molecule has 1 fully saturated rings. The molecule has 0 bridgehead atoms. The van der Waals surface area contributed by atoms with Gasteiger partial charge >= 0.3 is 0 Å². The number of methoxy groups -OCH3 is 2. The second-order valence-corrected chi connectivity index (χ2v) is 14.9. The Hall–Kier alpha value is -4.88. The van der Waals surface area contributed by atoms with Gasteiger partial charge in [0.15, 0.2) is 0 Å². The first-order chi connectivity index (χ1) is 23.6. The van der Waals surface area contributed by atoms with E-state index in [1.54, 1.807) is 30.5 Å². The highest BCUT2D eigenvalue weighted by Gasteiger charge is 2.35. The molecule has 1 unspecified atom stereocenters. The van der Waals surface area contributed by atoms with Gasteiger partial charge in [0.25, 0.3) is 5.56 Å². The van der Waals surface area contributed by atoms with E-state index in [4.69, 9.17) is 14.5 Å². The summed E-state index contributed by atoms with van der Waals surface area (Å²) in [5.41, 5.74) is 6.26. The molecule has 5 aromatic rings. The van der Waals surface area contributed by atoms with Crippen molar-refractivity contribution in [3.05, 3.63) is 88.0 Å². The molecule has 2 aliphatic rings. The first kappa shape index (κ1) is 32.7. The van der Waals surface area contributed by atoms with Gasteiger partial charge in [0.05, 0.1) is 31.2 Å². The number of sulfonamides is 1. The molecule has 5 heterocycles. The lowest BCUT2D eigenvalue weighted by Gasteiger charge is -2.33. The van der Waals surface area contributed by atoms with Gasteiger partial charge in [0.2, 0.25) is 10.0 Å². The molecule has 13 heteroatoms. The van der Waals surface area contributed by atoms with Crippen LogP contribution >= 0.6 is 0 Å². The largest absolute Gasteiger partial charge is 0.497 e. The van der Waals surface area contributed by atoms with Gasteiger partial charge in [-0.3, -0.25) is 9.48 Å². The maximum atomic E-state index is 13.4. The van der Waals surface area contributed by atoms with E-state index in [0.29, 0.717) is 24.3 Å². The summed E-state index contributed by atoms with van der Waals surface area (Å²) in [4.78, 5) is 22.6. The molecule has 256 valence electrons. The topological polar surface area (TPSA) is 124 Å². The molecule has 12 nitrogen and oxygen atoms in total. The fourth-order valence-corrected chi connectivity index (χ4v) is 8.37. The first-order valence-corrected chi connectivity index (χ1v) is 18.0. The van der Waals surface area contributed by atoms with Gasteiger partial charge in [0, 0.05) is 86.4 Å². The minimum atomic E-state index is -3.62. The first-order valence-electron chi connectivity index (χ1n) is 16.4. The number of anilines is 3. The Bertz CT molecular complexity index is 2210. The van der Waals surface area contributed by atoms with E-state index in [0.717, 1.165) is 70.0 Å². The smallest absolute Gasteiger partial charge is 0.253 e. The van der Waals surface area contributed by atoms with Crippen LogP contribution in [-0.2, 0) is 37.1 Å². The summed E-state index contributed by atoms with van der Waals surface area (Å²) >= 11 is 0. The highest BCUT2D eigenvalue weighted by Crippen LogP contribution is 2.43. The molecular weight excluding hydrogens is 643 g/mol. The lowest BCUT2D eigenvalue weighted by Crippen LogP contribution is -2.36. The molecule has 7 rings (SSSR count). The maximum absolute atomic E-state index is 13.4. The van der Waals surface area contributed by atoms with Crippen LogP contribution in [-0.4, -0.2) is 66.9 Å². The minimum absolute atomic E-state index is 0.0814. The number of aromatic nitrogens is 4. The Morgan fingerprint density at radius 3 is 2.53 bits per heavy atom. The Labute approximate surface area is 285 Å². The van der Waals surface area contributed by atoms with Crippen molar-refractivity contribution < 1.29 is 17.9 Å². The number of pyridine rings is 2. The summed E-state index contributed by atoms with van der Waals surface area (Å²) < 4.78 is 44.2. The molecule has 1 atom stereocenters. The van der Waals surface area contributed by atoms with Crippen LogP contribution in [0.1, 0.15) is 29.5 Å². The van der Waals surface area contributed by atoms with E-state index >= 15 is 0 Å². The molecule has 0 aliphatic carbocycles. The molecule has 2 aliphatic heterocycles. The SMILES string of the molecule is COc1ccc(CNS(=O)(=O)C2CCN(c3cc4c(cc(C)c(=O)n4C)c(N4CCCc5cc(-c6cnn(C)c6)c(OC)cc54)n3)C2)cc1. The summed E-state index contributed by atoms with van der Waals surface area (Å²) in [7, 11) is 3.32. The van der Waals surface area contributed by atoms with Crippen molar-refractivity contribution in [1.82, 2.24) is 24.1 Å². The van der Waals surface area contributed by atoms with E-state index < -0.39 is 15.3 Å². The van der Waals surface area contributed by atoms with Crippen LogP contribution in [0.4, 0.5) is 17.3 Å². The summed E-state index contributed by atoms with van der Waals surface area (Å²) in [5, 5.41) is 4.61. The lowest BCUT2D eigenvalue weighted by atomic mass is 9.96. The number of benzene rings is 2. The minimum Gasteiger partial charge on any atom is -0.497 e. The monoisotopic (exact) mass is 683 g/mol. The van der Waals surface area contributed by atoms with Crippen LogP contribution in [0.15, 0.2) is 65.7 Å². The molecule has 49 heavy (non-hydrogen) atoms. The number of rotatable bonds is 9. The molecule has 1 N–H and O–H groups in total. The normalized spacial score (nSPS) is 16.3. The second-order valence-electron chi connectivity index (χ2n) is 12.8. The van der Waals surface area contributed by atoms with Gasteiger partial charge < -0.3 is 23.8 Å². The average molecular weight is 684 g/mol. The van der Waals surface area contributed by atoms with Crippen molar-refractivity contribution in [3.63, 3.8) is 0 Å². The Morgan fingerprint density at radius 1 is 1.02 bits per heavy atom. The maximum Gasteiger partial charge on any atom is 0.253 e. The number of fused-ring (bicyclic) bond motifs is 2. The Balaban J connectivity index is 1.24. The van der Waals surface area contributed by atoms with Gasteiger partial charge in [-0.2, -0.15) is 5.10 Å². The molecule has 2 aromatic carbocycles. The van der Waals surface area contributed by atoms with E-state index in [-0.39, 0.29) is 18.6 Å². The quantitative estimate of drug-likeness (QED) is 0.240. The van der Waals surface area contributed by atoms with Gasteiger partial charge in [-0.25, -0.2) is 18.1 Å². The Morgan fingerprint density at radius 2 is 1.82 bits per heavy atom. The van der Waals surface area contributed by atoms with Crippen molar-refractivity contribution >= 4 is 38.2 Å². The third kappa shape index (κ3) is 6.12. The zero-order chi connectivity index (χ0) is 34.4. The highest BCUT2D eigenvalue weighted by molar-refractivity contribution is 7.90. The number of aryl methyl sites for hydroxylation is 4. The summed E-state index contributed by atoms with van der Waals surface area (Å²) in [5.74, 6) is 2.82. The Kier molecular flexibility index (Phi) is 8.57. The van der Waals surface area contributed by atoms with Crippen molar-refractivity contribution in [3.8, 4) is 22.6 Å². The van der Waals surface area contributed by atoms with Crippen molar-refractivity contribution in [2.24, 2.45) is 14.1 Å².